The highest BCUT2D eigenvalue weighted by molar-refractivity contribution is 6.00. The van der Waals surface area contributed by atoms with E-state index in [2.05, 4.69) is 0 Å². The SMILES string of the molecule is CCOC(C)C(=O)C(C)C(=O)OC(C)(C)C. The molecule has 0 aromatic heterocycles. The van der Waals surface area contributed by atoms with Crippen molar-refractivity contribution in [3.63, 3.8) is 0 Å². The summed E-state index contributed by atoms with van der Waals surface area (Å²) in [5.41, 5.74) is -0.569. The van der Waals surface area contributed by atoms with Crippen LogP contribution in [0.1, 0.15) is 41.5 Å². The van der Waals surface area contributed by atoms with Crippen LogP contribution in [0.15, 0.2) is 0 Å². The minimum Gasteiger partial charge on any atom is -0.459 e. The molecule has 16 heavy (non-hydrogen) atoms. The molecule has 0 heterocycles. The van der Waals surface area contributed by atoms with Crippen LogP contribution >= 0.6 is 0 Å². The van der Waals surface area contributed by atoms with E-state index in [9.17, 15) is 9.59 Å². The Labute approximate surface area is 97.3 Å². The lowest BCUT2D eigenvalue weighted by Gasteiger charge is -2.22. The van der Waals surface area contributed by atoms with Gasteiger partial charge in [-0.2, -0.15) is 0 Å². The molecular formula is C12H22O4. The number of Topliss-reactive ketones (excluding diaryl/α,β-unsaturated/α-hetero) is 1. The summed E-state index contributed by atoms with van der Waals surface area (Å²) in [5.74, 6) is -1.51. The lowest BCUT2D eigenvalue weighted by Crippen LogP contribution is -2.36. The summed E-state index contributed by atoms with van der Waals surface area (Å²) in [6, 6.07) is 0. The van der Waals surface area contributed by atoms with E-state index in [0.717, 1.165) is 0 Å². The van der Waals surface area contributed by atoms with Gasteiger partial charge in [0.25, 0.3) is 0 Å². The van der Waals surface area contributed by atoms with E-state index in [1.54, 1.807) is 34.6 Å². The van der Waals surface area contributed by atoms with Gasteiger partial charge in [-0.05, 0) is 41.5 Å². The first kappa shape index (κ1) is 15.1. The van der Waals surface area contributed by atoms with Crippen LogP contribution in [0.4, 0.5) is 0 Å². The highest BCUT2D eigenvalue weighted by Crippen LogP contribution is 2.13. The predicted octanol–water partition coefficient (Wildman–Crippen LogP) is 1.96. The maximum atomic E-state index is 11.7. The largest absolute Gasteiger partial charge is 0.459 e. The fraction of sp³-hybridized carbons (Fsp3) is 0.833. The Morgan fingerprint density at radius 1 is 1.19 bits per heavy atom. The number of hydrogen-bond acceptors (Lipinski definition) is 4. The second-order valence-electron chi connectivity index (χ2n) is 4.76. The summed E-state index contributed by atoms with van der Waals surface area (Å²) in [5, 5.41) is 0. The fourth-order valence-electron chi connectivity index (χ4n) is 1.19. The predicted molar refractivity (Wildman–Crippen MR) is 61.1 cm³/mol. The van der Waals surface area contributed by atoms with E-state index < -0.39 is 23.6 Å². The third kappa shape index (κ3) is 5.26. The van der Waals surface area contributed by atoms with E-state index in [1.165, 1.54) is 0 Å². The molecule has 0 N–H and O–H groups in total. The fourth-order valence-corrected chi connectivity index (χ4v) is 1.19. The first-order chi connectivity index (χ1) is 7.19. The Morgan fingerprint density at radius 2 is 1.69 bits per heavy atom. The summed E-state index contributed by atoms with van der Waals surface area (Å²) in [6.07, 6.45) is -0.562. The van der Waals surface area contributed by atoms with Crippen molar-refractivity contribution < 1.29 is 19.1 Å². The zero-order chi connectivity index (χ0) is 12.9. The van der Waals surface area contributed by atoms with E-state index in [-0.39, 0.29) is 5.78 Å². The molecule has 0 radical (unpaired) electrons. The average Bonchev–Trinajstić information content (AvgIpc) is 2.13. The standard InChI is InChI=1S/C12H22O4/c1-7-15-9(3)10(13)8(2)11(14)16-12(4,5)6/h8-9H,7H2,1-6H3. The maximum absolute atomic E-state index is 11.7. The molecule has 0 aliphatic heterocycles. The minimum absolute atomic E-state index is 0.240. The molecule has 0 amide bonds. The van der Waals surface area contributed by atoms with E-state index >= 15 is 0 Å². The van der Waals surface area contributed by atoms with Crippen LogP contribution in [-0.2, 0) is 19.1 Å². The van der Waals surface area contributed by atoms with Gasteiger partial charge in [0.05, 0.1) is 0 Å². The molecule has 2 atom stereocenters. The molecule has 0 aliphatic carbocycles. The van der Waals surface area contributed by atoms with E-state index in [0.29, 0.717) is 6.61 Å². The van der Waals surface area contributed by atoms with E-state index in [4.69, 9.17) is 9.47 Å². The number of ketones is 1. The normalized spacial score (nSPS) is 15.4. The lowest BCUT2D eigenvalue weighted by atomic mass is 10.0. The summed E-state index contributed by atoms with van der Waals surface area (Å²) in [7, 11) is 0. The number of esters is 1. The highest BCUT2D eigenvalue weighted by atomic mass is 16.6. The molecule has 0 aromatic carbocycles. The summed E-state index contributed by atoms with van der Waals surface area (Å²) >= 11 is 0. The third-order valence-electron chi connectivity index (χ3n) is 2.00. The van der Waals surface area contributed by atoms with Gasteiger partial charge in [-0.25, -0.2) is 0 Å². The second kappa shape index (κ2) is 5.99. The van der Waals surface area contributed by atoms with Gasteiger partial charge in [0.2, 0.25) is 0 Å². The Kier molecular flexibility index (Phi) is 5.65. The van der Waals surface area contributed by atoms with Crippen molar-refractivity contribution in [2.45, 2.75) is 53.2 Å². The molecule has 0 rings (SSSR count). The van der Waals surface area contributed by atoms with Crippen LogP contribution in [0.3, 0.4) is 0 Å². The summed E-state index contributed by atoms with van der Waals surface area (Å²) in [4.78, 5) is 23.3. The molecule has 0 saturated carbocycles. The first-order valence-electron chi connectivity index (χ1n) is 5.57. The molecular weight excluding hydrogens is 208 g/mol. The number of hydrogen-bond donors (Lipinski definition) is 0. The van der Waals surface area contributed by atoms with Gasteiger partial charge in [0.1, 0.15) is 17.6 Å². The van der Waals surface area contributed by atoms with Gasteiger partial charge in [0, 0.05) is 6.61 Å². The minimum atomic E-state index is -0.777. The molecule has 0 saturated heterocycles. The molecule has 0 spiro atoms. The van der Waals surface area contributed by atoms with Gasteiger partial charge in [0.15, 0.2) is 5.78 Å². The number of carbonyl (C=O) groups excluding carboxylic acids is 2. The van der Waals surface area contributed by atoms with Crippen molar-refractivity contribution in [3.05, 3.63) is 0 Å². The summed E-state index contributed by atoms with van der Waals surface area (Å²) < 4.78 is 10.3. The highest BCUT2D eigenvalue weighted by Gasteiger charge is 2.30. The number of ether oxygens (including phenoxy) is 2. The second-order valence-corrected chi connectivity index (χ2v) is 4.76. The van der Waals surface area contributed by atoms with Crippen molar-refractivity contribution in [1.29, 1.82) is 0 Å². The quantitative estimate of drug-likeness (QED) is 0.535. The van der Waals surface area contributed by atoms with Crippen LogP contribution in [0.5, 0.6) is 0 Å². The molecule has 0 fully saturated rings. The van der Waals surface area contributed by atoms with Gasteiger partial charge < -0.3 is 9.47 Å². The van der Waals surface area contributed by atoms with Crippen LogP contribution < -0.4 is 0 Å². The van der Waals surface area contributed by atoms with Crippen molar-refractivity contribution in [1.82, 2.24) is 0 Å². The molecule has 4 heteroatoms. The Bertz CT molecular complexity index is 252. The molecule has 94 valence electrons. The first-order valence-corrected chi connectivity index (χ1v) is 5.57. The summed E-state index contributed by atoms with van der Waals surface area (Å²) in [6.45, 7) is 10.8. The number of carbonyl (C=O) groups is 2. The van der Waals surface area contributed by atoms with Gasteiger partial charge in [-0.1, -0.05) is 0 Å². The van der Waals surface area contributed by atoms with E-state index in [1.807, 2.05) is 6.92 Å². The van der Waals surface area contributed by atoms with Gasteiger partial charge in [-0.15, -0.1) is 0 Å². The maximum Gasteiger partial charge on any atom is 0.316 e. The van der Waals surface area contributed by atoms with Crippen molar-refractivity contribution in [3.8, 4) is 0 Å². The van der Waals surface area contributed by atoms with Crippen LogP contribution in [0.2, 0.25) is 0 Å². The molecule has 0 aromatic rings. The third-order valence-corrected chi connectivity index (χ3v) is 2.00. The molecule has 2 unspecified atom stereocenters. The van der Waals surface area contributed by atoms with Crippen molar-refractivity contribution in [2.24, 2.45) is 5.92 Å². The number of rotatable bonds is 5. The Hall–Kier alpha value is -0.900. The molecule has 4 nitrogen and oxygen atoms in total. The van der Waals surface area contributed by atoms with Crippen LogP contribution in [0, 0.1) is 5.92 Å². The van der Waals surface area contributed by atoms with Crippen LogP contribution in [-0.4, -0.2) is 30.1 Å². The van der Waals surface area contributed by atoms with Crippen molar-refractivity contribution >= 4 is 11.8 Å². The zero-order valence-electron chi connectivity index (χ0n) is 11.0. The van der Waals surface area contributed by atoms with Gasteiger partial charge in [-0.3, -0.25) is 9.59 Å². The zero-order valence-corrected chi connectivity index (χ0v) is 11.0. The smallest absolute Gasteiger partial charge is 0.316 e. The Morgan fingerprint density at radius 3 is 2.06 bits per heavy atom. The van der Waals surface area contributed by atoms with Crippen molar-refractivity contribution in [2.75, 3.05) is 6.61 Å². The average molecular weight is 230 g/mol. The lowest BCUT2D eigenvalue weighted by molar-refractivity contribution is -0.163. The van der Waals surface area contributed by atoms with Crippen LogP contribution in [0.25, 0.3) is 0 Å². The molecule has 0 aliphatic rings. The Balaban J connectivity index is 4.38. The monoisotopic (exact) mass is 230 g/mol. The van der Waals surface area contributed by atoms with Gasteiger partial charge >= 0.3 is 5.97 Å². The topological polar surface area (TPSA) is 52.6 Å². The molecule has 0 bridgehead atoms.